The van der Waals surface area contributed by atoms with Crippen LogP contribution < -0.4 is 4.74 Å². The van der Waals surface area contributed by atoms with Crippen molar-refractivity contribution in [1.29, 1.82) is 0 Å². The van der Waals surface area contributed by atoms with Crippen LogP contribution in [0.1, 0.15) is 37.0 Å². The molecule has 1 aromatic carbocycles. The normalized spacial score (nSPS) is 22.4. The monoisotopic (exact) mass is 276 g/mol. The molecule has 0 amide bonds. The molecule has 0 radical (unpaired) electrons. The van der Waals surface area contributed by atoms with E-state index in [2.05, 4.69) is 32.9 Å². The van der Waals surface area contributed by atoms with Crippen molar-refractivity contribution in [3.05, 3.63) is 28.8 Å². The van der Waals surface area contributed by atoms with Gasteiger partial charge in [-0.25, -0.2) is 0 Å². The fourth-order valence-electron chi connectivity index (χ4n) is 3.17. The zero-order valence-electron chi connectivity index (χ0n) is 12.8. The fraction of sp³-hybridized carbons (Fsp3) is 0.588. The Morgan fingerprint density at radius 1 is 1.45 bits per heavy atom. The molecule has 0 bridgehead atoms. The molecule has 0 saturated heterocycles. The van der Waals surface area contributed by atoms with Gasteiger partial charge >= 0.3 is 5.97 Å². The van der Waals surface area contributed by atoms with Crippen LogP contribution in [0.4, 0.5) is 0 Å². The van der Waals surface area contributed by atoms with Gasteiger partial charge in [-0.05, 0) is 56.6 Å². The Morgan fingerprint density at radius 3 is 2.70 bits per heavy atom. The first-order valence-corrected chi connectivity index (χ1v) is 7.39. The maximum Gasteiger partial charge on any atom is 0.306 e. The van der Waals surface area contributed by atoms with E-state index in [0.29, 0.717) is 18.4 Å². The zero-order chi connectivity index (χ0) is 14.9. The Hall–Kier alpha value is -1.51. The lowest BCUT2D eigenvalue weighted by atomic mass is 9.92. The van der Waals surface area contributed by atoms with Crippen molar-refractivity contribution in [2.75, 3.05) is 6.61 Å². The average molecular weight is 276 g/mol. The predicted octanol–water partition coefficient (Wildman–Crippen LogP) is 3.60. The largest absolute Gasteiger partial charge is 0.493 e. The summed E-state index contributed by atoms with van der Waals surface area (Å²) in [7, 11) is 0. The lowest BCUT2D eigenvalue weighted by molar-refractivity contribution is -0.139. The van der Waals surface area contributed by atoms with Gasteiger partial charge in [-0.3, -0.25) is 4.79 Å². The molecule has 110 valence electrons. The summed E-state index contributed by atoms with van der Waals surface area (Å²) in [4.78, 5) is 11.0. The number of ether oxygens (including phenoxy) is 1. The second-order valence-corrected chi connectivity index (χ2v) is 6.03. The van der Waals surface area contributed by atoms with Crippen molar-refractivity contribution in [2.45, 2.75) is 40.5 Å². The van der Waals surface area contributed by atoms with Crippen LogP contribution in [0, 0.1) is 31.6 Å². The summed E-state index contributed by atoms with van der Waals surface area (Å²) < 4.78 is 5.78. The minimum atomic E-state index is -0.646. The third kappa shape index (κ3) is 3.14. The Bertz CT molecular complexity index is 507. The number of carbonyl (C=O) groups is 1. The summed E-state index contributed by atoms with van der Waals surface area (Å²) in [5, 5.41) is 9.04. The quantitative estimate of drug-likeness (QED) is 0.863. The van der Waals surface area contributed by atoms with E-state index in [0.717, 1.165) is 18.6 Å². The minimum Gasteiger partial charge on any atom is -0.493 e. The third-order valence-corrected chi connectivity index (χ3v) is 4.21. The number of carboxylic acids is 1. The molecule has 1 saturated carbocycles. The molecular weight excluding hydrogens is 252 g/mol. The topological polar surface area (TPSA) is 46.5 Å². The van der Waals surface area contributed by atoms with Crippen LogP contribution in [0.25, 0.3) is 0 Å². The van der Waals surface area contributed by atoms with E-state index >= 15 is 0 Å². The highest BCUT2D eigenvalue weighted by Crippen LogP contribution is 2.46. The van der Waals surface area contributed by atoms with Crippen LogP contribution in [-0.4, -0.2) is 17.7 Å². The van der Waals surface area contributed by atoms with Crippen molar-refractivity contribution in [3.63, 3.8) is 0 Å². The highest BCUT2D eigenvalue weighted by atomic mass is 16.5. The van der Waals surface area contributed by atoms with Gasteiger partial charge in [-0.1, -0.05) is 24.6 Å². The molecule has 1 fully saturated rings. The van der Waals surface area contributed by atoms with E-state index in [9.17, 15) is 4.79 Å². The van der Waals surface area contributed by atoms with Crippen molar-refractivity contribution in [3.8, 4) is 5.75 Å². The first kappa shape index (κ1) is 14.9. The van der Waals surface area contributed by atoms with Crippen molar-refractivity contribution >= 4 is 5.97 Å². The fourth-order valence-corrected chi connectivity index (χ4v) is 3.17. The Balaban J connectivity index is 2.14. The molecule has 1 aromatic rings. The first-order chi connectivity index (χ1) is 9.43. The molecule has 2 rings (SSSR count). The summed E-state index contributed by atoms with van der Waals surface area (Å²) in [5.74, 6) is 0.913. The number of aliphatic carboxylic acids is 1. The predicted molar refractivity (Wildman–Crippen MR) is 79.2 cm³/mol. The molecule has 0 aliphatic heterocycles. The van der Waals surface area contributed by atoms with E-state index in [-0.39, 0.29) is 5.92 Å². The summed E-state index contributed by atoms with van der Waals surface area (Å²) in [6.07, 6.45) is 1.72. The zero-order valence-corrected chi connectivity index (χ0v) is 12.8. The van der Waals surface area contributed by atoms with Crippen LogP contribution in [0.5, 0.6) is 5.75 Å². The van der Waals surface area contributed by atoms with Gasteiger partial charge in [-0.15, -0.1) is 0 Å². The number of rotatable bonds is 6. The van der Waals surface area contributed by atoms with E-state index in [1.807, 2.05) is 6.92 Å². The first-order valence-electron chi connectivity index (χ1n) is 7.39. The molecule has 3 atom stereocenters. The van der Waals surface area contributed by atoms with Gasteiger partial charge in [0.2, 0.25) is 0 Å². The molecule has 1 N–H and O–H groups in total. The second-order valence-electron chi connectivity index (χ2n) is 6.03. The maximum atomic E-state index is 11.0. The van der Waals surface area contributed by atoms with Crippen LogP contribution in [0.3, 0.4) is 0 Å². The minimum absolute atomic E-state index is 0.133. The molecule has 3 unspecified atom stereocenters. The van der Waals surface area contributed by atoms with E-state index in [4.69, 9.17) is 9.84 Å². The van der Waals surface area contributed by atoms with Gasteiger partial charge in [0.05, 0.1) is 12.5 Å². The van der Waals surface area contributed by atoms with E-state index in [1.165, 1.54) is 16.7 Å². The van der Waals surface area contributed by atoms with Crippen molar-refractivity contribution < 1.29 is 14.6 Å². The molecule has 20 heavy (non-hydrogen) atoms. The number of benzene rings is 1. The number of carboxylic acid groups (broad SMARTS) is 1. The lowest BCUT2D eigenvalue weighted by Gasteiger charge is -2.17. The van der Waals surface area contributed by atoms with Gasteiger partial charge in [-0.2, -0.15) is 0 Å². The van der Waals surface area contributed by atoms with Gasteiger partial charge in [0.1, 0.15) is 5.75 Å². The van der Waals surface area contributed by atoms with Crippen LogP contribution in [0.2, 0.25) is 0 Å². The number of aryl methyl sites for hydroxylation is 2. The molecular formula is C17H24O3. The Labute approximate surface area is 121 Å². The Morgan fingerprint density at radius 2 is 2.15 bits per heavy atom. The number of hydrogen-bond acceptors (Lipinski definition) is 2. The average Bonchev–Trinajstić information content (AvgIpc) is 3.13. The van der Waals surface area contributed by atoms with E-state index in [1.54, 1.807) is 0 Å². The molecule has 3 heteroatoms. The van der Waals surface area contributed by atoms with Gasteiger partial charge in [0, 0.05) is 0 Å². The van der Waals surface area contributed by atoms with Gasteiger partial charge in [0.15, 0.2) is 0 Å². The molecule has 1 aliphatic rings. The summed E-state index contributed by atoms with van der Waals surface area (Å²) in [6.45, 7) is 8.97. The SMILES string of the molecule is CCOc1c(C)cc(C)cc1CC(C)C1CC1C(=O)O. The lowest BCUT2D eigenvalue weighted by Crippen LogP contribution is -2.10. The summed E-state index contributed by atoms with van der Waals surface area (Å²) in [5.41, 5.74) is 3.62. The van der Waals surface area contributed by atoms with E-state index < -0.39 is 5.97 Å². The summed E-state index contributed by atoms with van der Waals surface area (Å²) >= 11 is 0. The van der Waals surface area contributed by atoms with Crippen LogP contribution in [0.15, 0.2) is 12.1 Å². The highest BCUT2D eigenvalue weighted by molar-refractivity contribution is 5.73. The second kappa shape index (κ2) is 5.86. The van der Waals surface area contributed by atoms with Crippen LogP contribution >= 0.6 is 0 Å². The highest BCUT2D eigenvalue weighted by Gasteiger charge is 2.46. The molecule has 0 spiro atoms. The third-order valence-electron chi connectivity index (χ3n) is 4.21. The Kier molecular flexibility index (Phi) is 4.36. The number of hydrogen-bond donors (Lipinski definition) is 1. The van der Waals surface area contributed by atoms with Crippen molar-refractivity contribution in [1.82, 2.24) is 0 Å². The molecule has 0 heterocycles. The smallest absolute Gasteiger partial charge is 0.306 e. The standard InChI is InChI=1S/C17H24O3/c1-5-20-16-12(4)6-10(2)7-13(16)8-11(3)14-9-15(14)17(18)19/h6-7,11,14-15H,5,8-9H2,1-4H3,(H,18,19). The molecule has 0 aromatic heterocycles. The van der Waals surface area contributed by atoms with Gasteiger partial charge < -0.3 is 9.84 Å². The van der Waals surface area contributed by atoms with Crippen LogP contribution in [-0.2, 0) is 11.2 Å². The molecule has 3 nitrogen and oxygen atoms in total. The summed E-state index contributed by atoms with van der Waals surface area (Å²) in [6, 6.07) is 4.31. The molecule has 1 aliphatic carbocycles. The maximum absolute atomic E-state index is 11.0. The van der Waals surface area contributed by atoms with Gasteiger partial charge in [0.25, 0.3) is 0 Å². The van der Waals surface area contributed by atoms with Crippen molar-refractivity contribution in [2.24, 2.45) is 17.8 Å².